The van der Waals surface area contributed by atoms with E-state index in [0.717, 1.165) is 0 Å². The predicted molar refractivity (Wildman–Crippen MR) is 494 cm³/mol. The van der Waals surface area contributed by atoms with Gasteiger partial charge in [-0.2, -0.15) is 0 Å². The van der Waals surface area contributed by atoms with Crippen LogP contribution in [0.2, 0.25) is 0 Å². The van der Waals surface area contributed by atoms with Crippen molar-refractivity contribution in [1.29, 1.82) is 5.41 Å². The fourth-order valence-corrected chi connectivity index (χ4v) is 20.0. The van der Waals surface area contributed by atoms with Crippen molar-refractivity contribution < 1.29 is 205 Å². The molecule has 9 aliphatic heterocycles. The van der Waals surface area contributed by atoms with E-state index in [1.165, 1.54) is 0 Å². The second-order valence-electron chi connectivity index (χ2n) is 39.5. The molecule has 0 bridgehead atoms. The van der Waals surface area contributed by atoms with E-state index in [9.17, 15) is 119 Å². The van der Waals surface area contributed by atoms with Gasteiger partial charge in [-0.1, -0.05) is 24.3 Å². The SMILES string of the molecule is N=C(N)CC1CC(O)(C(=O)C[C@@H]2C[C@H](N)[C@@H](O[C@H]3O[C@H](CN)CC[C@H]3N)[C@H](O[C@@H]3O[C@H](CO)[C@@H](O[C@H]4O[C@@H](CN)[C@@H](O)[C@H](O)[C@H]4N)[C@H]3O)[C@H]2O)C1.NC[C@@H]1O[C@H](O[C@H]2[C@@H](O)[C@H](O[C@@H]3[C@@H](O)[C@H](NC(=O)C(O)[C@@H](F)CN)C[C@H](N)[C@H]3O[C@H]3O[C@H](CN)C=C[C@H]3N)O[C@@H]2CO)[C@H](N)[C@@H](O)[C@@H]1O.NC[C@@H]1O[C@H](O[C@H]2[C@@H](O)[C@H](O[C@@H]3[C@@H](O)[C@H](NC(=O)[C@@H](O)C(F)(F)CN)C[C@H](N)[C@H]3O[C@H]3O[C@H](CN)C=C[C@H]3N)O[C@@H]2CO)[C@H](N)[C@@H](O)[C@@H]1O. The summed E-state index contributed by atoms with van der Waals surface area (Å²) < 4.78 is 148. The maximum atomic E-state index is 14.0. The monoisotopic (exact) mass is 2150 g/mol. The minimum atomic E-state index is -3.99. The number of alkyl halides is 3. The number of carbonyl (C=O) groups is 3. The number of rotatable bonds is 40. The molecule has 148 heavy (non-hydrogen) atoms. The van der Waals surface area contributed by atoms with Crippen molar-refractivity contribution in [2.75, 3.05) is 72.2 Å². The molecule has 0 spiro atoms. The summed E-state index contributed by atoms with van der Waals surface area (Å²) in [6.07, 6.45) is -51.5. The van der Waals surface area contributed by atoms with Gasteiger partial charge in [-0.05, 0) is 56.8 Å². The van der Waals surface area contributed by atoms with Crippen LogP contribution in [0.3, 0.4) is 0 Å². The molecular formula is C85H156F3N21O39. The highest BCUT2D eigenvalue weighted by molar-refractivity contribution is 5.89. The normalized spacial score (nSPS) is 46.9. The van der Waals surface area contributed by atoms with Gasteiger partial charge in [0.2, 0.25) is 0 Å². The Morgan fingerprint density at radius 3 is 1.10 bits per heavy atom. The lowest BCUT2D eigenvalue weighted by Gasteiger charge is -2.48. The maximum absolute atomic E-state index is 14.0. The molecule has 4 saturated carbocycles. The summed E-state index contributed by atoms with van der Waals surface area (Å²) in [5.74, 6) is -8.19. The van der Waals surface area contributed by atoms with Crippen LogP contribution < -0.4 is 114 Å². The minimum absolute atomic E-state index is 0.0358. The minimum Gasteiger partial charge on any atom is -0.394 e. The zero-order valence-corrected chi connectivity index (χ0v) is 80.9. The van der Waals surface area contributed by atoms with Gasteiger partial charge < -0.3 is 291 Å². The zero-order valence-electron chi connectivity index (χ0n) is 80.9. The number of ketones is 1. The van der Waals surface area contributed by atoms with E-state index < -0.39 is 386 Å². The van der Waals surface area contributed by atoms with E-state index >= 15 is 0 Å². The quantitative estimate of drug-likeness (QED) is 0.0154. The molecule has 0 aromatic rings. The fourth-order valence-electron chi connectivity index (χ4n) is 20.0. The predicted octanol–water partition coefficient (Wildman–Crippen LogP) is -22.3. The topological polar surface area (TPSA) is 1100 Å². The van der Waals surface area contributed by atoms with Crippen molar-refractivity contribution in [3.05, 3.63) is 24.3 Å². The van der Waals surface area contributed by atoms with Gasteiger partial charge in [0, 0.05) is 76.8 Å². The fraction of sp³-hybridized carbons (Fsp3) is 0.906. The molecule has 13 rings (SSSR count). The Bertz CT molecular complexity index is 4180. The van der Waals surface area contributed by atoms with Gasteiger partial charge in [0.25, 0.3) is 17.7 Å². The van der Waals surface area contributed by atoms with Crippen molar-refractivity contribution in [2.24, 2.45) is 115 Å². The van der Waals surface area contributed by atoms with Gasteiger partial charge in [0.15, 0.2) is 74.6 Å². The summed E-state index contributed by atoms with van der Waals surface area (Å²) in [5, 5.41) is 204. The van der Waals surface area contributed by atoms with E-state index in [1.807, 2.05) is 0 Å². The summed E-state index contributed by atoms with van der Waals surface area (Å²) in [6, 6.07) is -11.7. The van der Waals surface area contributed by atoms with E-state index in [-0.39, 0.29) is 102 Å². The molecule has 0 radical (unpaired) electrons. The zero-order chi connectivity index (χ0) is 109. The van der Waals surface area contributed by atoms with Crippen LogP contribution in [-0.4, -0.2) is 524 Å². The van der Waals surface area contributed by atoms with Crippen molar-refractivity contribution in [2.45, 2.75) is 394 Å². The van der Waals surface area contributed by atoms with Gasteiger partial charge in [-0.25, -0.2) is 13.2 Å². The molecule has 54 atom stereocenters. The smallest absolute Gasteiger partial charge is 0.294 e. The Labute approximate surface area is 846 Å². The van der Waals surface area contributed by atoms with Crippen LogP contribution in [0.1, 0.15) is 57.8 Å². The lowest BCUT2D eigenvalue weighted by Crippen LogP contribution is -2.67. The third-order valence-electron chi connectivity index (χ3n) is 28.9. The van der Waals surface area contributed by atoms with Crippen LogP contribution in [0.5, 0.6) is 0 Å². The Morgan fingerprint density at radius 2 is 0.750 bits per heavy atom. The molecule has 856 valence electrons. The number of Topliss-reactive ketones (excluding diaryl/α,β-unsaturated/α-hetero) is 1. The molecule has 13 aliphatic rings. The lowest BCUT2D eigenvalue weighted by atomic mass is 9.65. The first-order valence-electron chi connectivity index (χ1n) is 49.1. The summed E-state index contributed by atoms with van der Waals surface area (Å²) in [6.45, 7) is -4.31. The molecule has 63 heteroatoms. The van der Waals surface area contributed by atoms with Crippen molar-refractivity contribution in [1.82, 2.24) is 10.6 Å². The summed E-state index contributed by atoms with van der Waals surface area (Å²) >= 11 is 0. The number of nitrogens with one attached hydrogen (secondary N) is 3. The molecule has 0 aromatic carbocycles. The molecule has 60 nitrogen and oxygen atoms in total. The van der Waals surface area contributed by atoms with Crippen LogP contribution in [-0.2, 0) is 99.6 Å². The Kier molecular flexibility index (Phi) is 45.4. The number of hydrogen-bond acceptors (Lipinski definition) is 57. The second kappa shape index (κ2) is 54.5. The second-order valence-corrected chi connectivity index (χ2v) is 39.5. The number of carbonyl (C=O) groups excluding carboxylic acids is 3. The highest BCUT2D eigenvalue weighted by Gasteiger charge is 2.62. The molecule has 2 amide bonds. The highest BCUT2D eigenvalue weighted by Crippen LogP contribution is 2.46. The molecule has 1 unspecified atom stereocenters. The van der Waals surface area contributed by atoms with Gasteiger partial charge in [-0.3, -0.25) is 19.8 Å². The molecule has 0 aromatic heterocycles. The van der Waals surface area contributed by atoms with Crippen molar-refractivity contribution >= 4 is 23.4 Å². The Hall–Kier alpha value is -4.77. The number of amidine groups is 1. The summed E-state index contributed by atoms with van der Waals surface area (Å²) in [5.41, 5.74) is 104. The summed E-state index contributed by atoms with van der Waals surface area (Å²) in [4.78, 5) is 38.5. The Morgan fingerprint density at radius 1 is 0.399 bits per heavy atom. The number of halogens is 3. The first kappa shape index (κ1) is 123. The number of hydrogen-bond donors (Lipinski definition) is 39. The van der Waals surface area contributed by atoms with Crippen LogP contribution in [0.25, 0.3) is 0 Å². The number of amides is 2. The first-order chi connectivity index (χ1) is 69.9. The number of aliphatic hydroxyl groups excluding tert-OH is 17. The van der Waals surface area contributed by atoms with Gasteiger partial charge in [-0.15, -0.1) is 0 Å². The Balaban J connectivity index is 0.000000211. The van der Waals surface area contributed by atoms with Crippen molar-refractivity contribution in [3.8, 4) is 0 Å². The first-order valence-corrected chi connectivity index (χ1v) is 49.1. The standard InChI is InChI=1S/C31H57N7O13.C27H49F2N7O13.C27H50FN7O13/c32-8-13-1-2-14(34)28(46-13)49-25-15(35)4-12(5-18(40)31(45)6-11(7-31)3-19(36)37)21(41)27(25)51-30-24(44)26(17(10-39)48-30)50-29-20(38)23(43)22(42)16(9-33)47-29;28-27(29,7-32)22(42)23(43)36-11-3-10(34)19(47-24-9(33)2-1-8(4-30)44-24)21(15(11)38)49-26-18(41)20(13(6-37)46-26)48-25-14(35)17(40)16(39)12(5-31)45-25;28-9(5-30)16(37)24(42)35-12-3-11(33)21(46-25-10(32)2-1-8(4-29)43-25)23(17(12)38)48-27-20(41)22(14(7-36)45-27)47-26-15(34)19(40)18(39)13(6-31)44-26/h11-17,20-30,39,41-45H,1-10,32-35,38H2,(H3,36,37);1-2,8-22,24-26,37-42H,3-7,30-35H2,(H,36,43);1-2,8-23,25-27,36-41H,3-7,29-34H2,(H,35,42)/t11?,12-,13-,14+,15-,16-,17+,20+,21-,22+,23+,24+,25+,26+,27+,28+,29+,30-,31?;8-,9+,10-,11+,12-,13+,14+,15-,16+,17+,18+,19+,20+,21+,22+,24+,25+,26-;8-,9-,10+,11-,12+,13-,14+,15+,16?,17-,18+,19+,20+,21+,22+,23+,25+,26+,27-/m000/s1. The third-order valence-corrected chi connectivity index (χ3v) is 28.9. The van der Waals surface area contributed by atoms with E-state index in [4.69, 9.17) is 194 Å². The van der Waals surface area contributed by atoms with Gasteiger partial charge in [0.1, 0.15) is 170 Å². The van der Waals surface area contributed by atoms with Gasteiger partial charge in [0.05, 0.1) is 105 Å². The highest BCUT2D eigenvalue weighted by atomic mass is 19.3. The van der Waals surface area contributed by atoms with Crippen molar-refractivity contribution in [3.63, 3.8) is 0 Å². The largest absolute Gasteiger partial charge is 0.394 e. The van der Waals surface area contributed by atoms with Crippen LogP contribution in [0, 0.1) is 17.2 Å². The number of aliphatic hydroxyl groups is 18. The molecule has 9 heterocycles. The molecule has 11 fully saturated rings. The van der Waals surface area contributed by atoms with Crippen LogP contribution >= 0.6 is 0 Å². The molecule has 57 N–H and O–H groups in total. The molecule has 7 saturated heterocycles. The van der Waals surface area contributed by atoms with Crippen LogP contribution in [0.15, 0.2) is 24.3 Å². The lowest BCUT2D eigenvalue weighted by molar-refractivity contribution is -0.292. The van der Waals surface area contributed by atoms with E-state index in [0.29, 0.717) is 12.8 Å². The molecule has 4 aliphatic carbocycles. The average molecular weight is 2150 g/mol. The number of ether oxygens (including phenoxy) is 18. The van der Waals surface area contributed by atoms with E-state index in [1.54, 1.807) is 24.3 Å². The average Bonchev–Trinajstić information content (AvgIpc) is 1.65. The van der Waals surface area contributed by atoms with E-state index in [2.05, 4.69) is 10.6 Å². The van der Waals surface area contributed by atoms with Crippen LogP contribution in [0.4, 0.5) is 13.2 Å². The summed E-state index contributed by atoms with van der Waals surface area (Å²) in [7, 11) is 0. The number of nitrogens with two attached hydrogens (primary N) is 18. The third kappa shape index (κ3) is 28.7. The molecular weight excluding hydrogens is 2000 g/mol. The van der Waals surface area contributed by atoms with Gasteiger partial charge >= 0.3 is 0 Å². The maximum Gasteiger partial charge on any atom is 0.294 e.